The largest absolute Gasteiger partial charge is 0.484 e. The molecule has 0 fully saturated rings. The number of nitrogens with one attached hydrogen (secondary N) is 1. The van der Waals surface area contributed by atoms with Crippen molar-refractivity contribution in [2.45, 2.75) is 6.42 Å². The van der Waals surface area contributed by atoms with E-state index in [1.807, 2.05) is 36.4 Å². The van der Waals surface area contributed by atoms with E-state index in [1.54, 1.807) is 30.5 Å². The fraction of sp³-hybridized carbons (Fsp3) is 0.136. The summed E-state index contributed by atoms with van der Waals surface area (Å²) >= 11 is 0. The van der Waals surface area contributed by atoms with Gasteiger partial charge in [0, 0.05) is 36.3 Å². The molecule has 0 radical (unpaired) electrons. The number of nitrogens with zero attached hydrogens (tertiary/aromatic N) is 1. The number of hydrogen-bond acceptors (Lipinski definition) is 5. The third-order valence-electron chi connectivity index (χ3n) is 4.39. The van der Waals surface area contributed by atoms with Crippen molar-refractivity contribution in [3.63, 3.8) is 0 Å². The van der Waals surface area contributed by atoms with Crippen molar-refractivity contribution >= 4 is 27.6 Å². The molecule has 28 heavy (non-hydrogen) atoms. The number of carbonyl (C=O) groups is 1. The Morgan fingerprint density at radius 3 is 2.64 bits per heavy atom. The number of pyridine rings is 1. The summed E-state index contributed by atoms with van der Waals surface area (Å²) in [5.41, 5.74) is 0.949. The molecule has 140 valence electrons. The molecule has 0 saturated heterocycles. The predicted octanol–water partition coefficient (Wildman–Crippen LogP) is 3.08. The zero-order chi connectivity index (χ0) is 19.3. The number of fused-ring (bicyclic) bond motifs is 3. The molecule has 6 nitrogen and oxygen atoms in total. The first kappa shape index (κ1) is 17.7. The normalized spacial score (nSPS) is 10.9. The van der Waals surface area contributed by atoms with E-state index in [-0.39, 0.29) is 12.5 Å². The van der Waals surface area contributed by atoms with Crippen LogP contribution in [0.5, 0.6) is 5.75 Å². The Bertz CT molecular complexity index is 1190. The number of rotatable bonds is 6. The van der Waals surface area contributed by atoms with Crippen LogP contribution in [0.2, 0.25) is 0 Å². The highest BCUT2D eigenvalue weighted by atomic mass is 16.5. The number of ether oxygens (including phenoxy) is 1. The van der Waals surface area contributed by atoms with Gasteiger partial charge < -0.3 is 14.5 Å². The van der Waals surface area contributed by atoms with Gasteiger partial charge in [-0.05, 0) is 35.7 Å². The van der Waals surface area contributed by atoms with Gasteiger partial charge in [0.25, 0.3) is 5.91 Å². The molecule has 2 heterocycles. The Hall–Kier alpha value is -3.67. The minimum Gasteiger partial charge on any atom is -0.484 e. The summed E-state index contributed by atoms with van der Waals surface area (Å²) in [5.74, 6) is 0.238. The van der Waals surface area contributed by atoms with Gasteiger partial charge in [-0.3, -0.25) is 9.78 Å². The lowest BCUT2D eigenvalue weighted by molar-refractivity contribution is -0.123. The van der Waals surface area contributed by atoms with Gasteiger partial charge in [0.2, 0.25) is 0 Å². The lowest BCUT2D eigenvalue weighted by Gasteiger charge is -2.08. The first-order chi connectivity index (χ1) is 13.7. The van der Waals surface area contributed by atoms with Crippen molar-refractivity contribution in [1.82, 2.24) is 10.3 Å². The number of aromatic nitrogens is 1. The van der Waals surface area contributed by atoms with Crippen LogP contribution in [0.15, 0.2) is 76.1 Å². The summed E-state index contributed by atoms with van der Waals surface area (Å²) < 4.78 is 10.9. The molecule has 4 rings (SSSR count). The molecule has 0 spiro atoms. The average Bonchev–Trinajstić information content (AvgIpc) is 2.73. The maximum atomic E-state index is 12.1. The quantitative estimate of drug-likeness (QED) is 0.414. The molecular weight excluding hydrogens is 356 g/mol. The van der Waals surface area contributed by atoms with Crippen LogP contribution in [0, 0.1) is 0 Å². The molecule has 0 aliphatic heterocycles. The lowest BCUT2D eigenvalue weighted by Crippen LogP contribution is -2.30. The van der Waals surface area contributed by atoms with E-state index in [4.69, 9.17) is 9.15 Å². The Morgan fingerprint density at radius 2 is 1.82 bits per heavy atom. The minimum atomic E-state index is -0.396. The summed E-state index contributed by atoms with van der Waals surface area (Å²) in [6.07, 6.45) is 2.38. The Balaban J connectivity index is 1.40. The molecular formula is C22H18N2O4. The maximum Gasteiger partial charge on any atom is 0.344 e. The highest BCUT2D eigenvalue weighted by Gasteiger charge is 2.09. The van der Waals surface area contributed by atoms with Gasteiger partial charge in [-0.25, -0.2) is 4.79 Å². The highest BCUT2D eigenvalue weighted by molar-refractivity contribution is 6.04. The lowest BCUT2D eigenvalue weighted by atomic mass is 10.1. The number of carbonyl (C=O) groups excluding carboxylic acids is 1. The average molecular weight is 374 g/mol. The Kier molecular flexibility index (Phi) is 5.01. The molecule has 2 aromatic carbocycles. The van der Waals surface area contributed by atoms with Crippen molar-refractivity contribution < 1.29 is 13.9 Å². The zero-order valence-corrected chi connectivity index (χ0v) is 15.1. The van der Waals surface area contributed by atoms with Crippen LogP contribution < -0.4 is 15.7 Å². The predicted molar refractivity (Wildman–Crippen MR) is 106 cm³/mol. The van der Waals surface area contributed by atoms with Gasteiger partial charge in [0.05, 0.1) is 5.39 Å². The Labute approximate surface area is 160 Å². The van der Waals surface area contributed by atoms with Crippen molar-refractivity contribution in [3.05, 3.63) is 83.0 Å². The van der Waals surface area contributed by atoms with E-state index in [0.717, 1.165) is 16.5 Å². The molecule has 0 atom stereocenters. The number of amides is 1. The number of benzene rings is 2. The van der Waals surface area contributed by atoms with Crippen LogP contribution in [0.1, 0.15) is 5.69 Å². The van der Waals surface area contributed by atoms with Crippen LogP contribution in [-0.4, -0.2) is 24.0 Å². The first-order valence-corrected chi connectivity index (χ1v) is 8.96. The van der Waals surface area contributed by atoms with Gasteiger partial charge in [-0.2, -0.15) is 0 Å². The second-order valence-corrected chi connectivity index (χ2v) is 6.30. The van der Waals surface area contributed by atoms with Gasteiger partial charge >= 0.3 is 5.63 Å². The van der Waals surface area contributed by atoms with Gasteiger partial charge in [-0.1, -0.05) is 24.3 Å². The number of hydrogen-bond donors (Lipinski definition) is 1. The molecule has 2 aromatic heterocycles. The summed E-state index contributed by atoms with van der Waals surface area (Å²) in [5, 5.41) is 4.98. The fourth-order valence-electron chi connectivity index (χ4n) is 3.03. The first-order valence-electron chi connectivity index (χ1n) is 8.96. The van der Waals surface area contributed by atoms with Crippen LogP contribution in [0.25, 0.3) is 21.7 Å². The van der Waals surface area contributed by atoms with Crippen molar-refractivity contribution in [2.75, 3.05) is 13.2 Å². The highest BCUT2D eigenvalue weighted by Crippen LogP contribution is 2.26. The summed E-state index contributed by atoms with van der Waals surface area (Å²) in [7, 11) is 0. The van der Waals surface area contributed by atoms with Gasteiger partial charge in [-0.15, -0.1) is 0 Å². The summed E-state index contributed by atoms with van der Waals surface area (Å²) in [4.78, 5) is 28.3. The van der Waals surface area contributed by atoms with Gasteiger partial charge in [0.1, 0.15) is 11.3 Å². The molecule has 1 N–H and O–H groups in total. The fourth-order valence-corrected chi connectivity index (χ4v) is 3.03. The third kappa shape index (κ3) is 3.86. The van der Waals surface area contributed by atoms with E-state index >= 15 is 0 Å². The topological polar surface area (TPSA) is 81.4 Å². The van der Waals surface area contributed by atoms with Gasteiger partial charge in [0.15, 0.2) is 6.61 Å². The van der Waals surface area contributed by atoms with Crippen LogP contribution in [0.3, 0.4) is 0 Å². The maximum absolute atomic E-state index is 12.1. The SMILES string of the molecule is O=C(COc1ccc2c(c1)oc(=O)c1ccccc12)NCCc1ccccn1. The second kappa shape index (κ2) is 7.92. The van der Waals surface area contributed by atoms with Crippen molar-refractivity contribution in [2.24, 2.45) is 0 Å². The smallest absolute Gasteiger partial charge is 0.344 e. The van der Waals surface area contributed by atoms with Crippen molar-refractivity contribution in [1.29, 1.82) is 0 Å². The Morgan fingerprint density at radius 1 is 1.00 bits per heavy atom. The molecule has 0 aliphatic carbocycles. The molecule has 1 amide bonds. The van der Waals surface area contributed by atoms with Crippen LogP contribution in [-0.2, 0) is 11.2 Å². The minimum absolute atomic E-state index is 0.120. The molecule has 4 aromatic rings. The van der Waals surface area contributed by atoms with E-state index in [2.05, 4.69) is 10.3 Å². The molecule has 0 bridgehead atoms. The van der Waals surface area contributed by atoms with Crippen molar-refractivity contribution in [3.8, 4) is 5.75 Å². The van der Waals surface area contributed by atoms with E-state index in [9.17, 15) is 9.59 Å². The van der Waals surface area contributed by atoms with E-state index < -0.39 is 5.63 Å². The molecule has 0 aliphatic rings. The molecule has 6 heteroatoms. The van der Waals surface area contributed by atoms with Crippen LogP contribution in [0.4, 0.5) is 0 Å². The van der Waals surface area contributed by atoms with E-state index in [1.165, 1.54) is 0 Å². The summed E-state index contributed by atoms with van der Waals surface area (Å²) in [6, 6.07) is 18.2. The standard InChI is InChI=1S/C22H18N2O4/c25-21(24-12-10-15-5-3-4-11-23-15)14-27-16-8-9-18-17-6-1-2-7-19(17)22(26)28-20(18)13-16/h1-9,11,13H,10,12,14H2,(H,24,25). The second-order valence-electron chi connectivity index (χ2n) is 6.30. The third-order valence-corrected chi connectivity index (χ3v) is 4.39. The zero-order valence-electron chi connectivity index (χ0n) is 15.1. The summed E-state index contributed by atoms with van der Waals surface area (Å²) in [6.45, 7) is 0.364. The van der Waals surface area contributed by atoms with E-state index in [0.29, 0.717) is 29.7 Å². The monoisotopic (exact) mass is 374 g/mol. The van der Waals surface area contributed by atoms with Crippen LogP contribution >= 0.6 is 0 Å². The molecule has 0 saturated carbocycles. The molecule has 0 unspecified atom stereocenters.